The highest BCUT2D eigenvalue weighted by molar-refractivity contribution is 5.95. The summed E-state index contributed by atoms with van der Waals surface area (Å²) in [5.74, 6) is -0.283. The summed E-state index contributed by atoms with van der Waals surface area (Å²) in [6.45, 7) is 2.88. The summed E-state index contributed by atoms with van der Waals surface area (Å²) >= 11 is 0. The van der Waals surface area contributed by atoms with E-state index < -0.39 is 30.8 Å². The average molecular weight is 354 g/mol. The summed E-state index contributed by atoms with van der Waals surface area (Å²) < 4.78 is 30.2. The van der Waals surface area contributed by atoms with Crippen molar-refractivity contribution in [1.82, 2.24) is 10.2 Å². The van der Waals surface area contributed by atoms with Crippen LogP contribution in [0.25, 0.3) is 6.08 Å². The summed E-state index contributed by atoms with van der Waals surface area (Å²) in [6.07, 6.45) is 0.849. The van der Waals surface area contributed by atoms with Crippen molar-refractivity contribution in [3.05, 3.63) is 35.9 Å². The van der Waals surface area contributed by atoms with Crippen molar-refractivity contribution in [2.75, 3.05) is 20.2 Å². The van der Waals surface area contributed by atoms with Crippen molar-refractivity contribution in [3.8, 4) is 5.75 Å². The van der Waals surface area contributed by atoms with Gasteiger partial charge in [-0.15, -0.1) is 0 Å². The molecule has 0 saturated carbocycles. The molecule has 0 radical (unpaired) electrons. The van der Waals surface area contributed by atoms with Gasteiger partial charge in [-0.1, -0.05) is 19.1 Å². The van der Waals surface area contributed by atoms with Crippen LogP contribution in [0.4, 0.5) is 8.78 Å². The average Bonchev–Trinajstić information content (AvgIpc) is 2.59. The number of carbonyl (C=O) groups is 2. The number of carbonyl (C=O) groups excluding carboxylic acids is 2. The minimum absolute atomic E-state index is 0.227. The van der Waals surface area contributed by atoms with Gasteiger partial charge in [0.1, 0.15) is 11.8 Å². The highest BCUT2D eigenvalue weighted by Gasteiger charge is 2.23. The molecule has 1 N–H and O–H groups in total. The van der Waals surface area contributed by atoms with Crippen LogP contribution in [0.5, 0.6) is 5.75 Å². The number of ether oxygens (including phenoxy) is 1. The van der Waals surface area contributed by atoms with Crippen LogP contribution in [0.15, 0.2) is 30.3 Å². The van der Waals surface area contributed by atoms with Crippen molar-refractivity contribution < 1.29 is 23.1 Å². The van der Waals surface area contributed by atoms with Crippen molar-refractivity contribution in [2.24, 2.45) is 0 Å². The second kappa shape index (κ2) is 10.4. The molecule has 25 heavy (non-hydrogen) atoms. The number of amides is 2. The molecule has 1 rings (SSSR count). The standard InChI is InChI=1S/C18H24F2N2O3/c1-4-11-22(12-16(19)20)18(24)13(2)21-17(23)10-7-14-5-8-15(25-3)9-6-14/h5-10,13,16H,4,11-12H2,1-3H3,(H,21,23)/b10-7+. The van der Waals surface area contributed by atoms with Crippen LogP contribution in [-0.4, -0.2) is 49.4 Å². The van der Waals surface area contributed by atoms with Crippen LogP contribution in [0.3, 0.4) is 0 Å². The fourth-order valence-electron chi connectivity index (χ4n) is 2.21. The molecule has 0 heterocycles. The Bertz CT molecular complexity index is 588. The Morgan fingerprint density at radius 2 is 1.92 bits per heavy atom. The third kappa shape index (κ3) is 7.32. The van der Waals surface area contributed by atoms with Crippen molar-refractivity contribution in [1.29, 1.82) is 0 Å². The van der Waals surface area contributed by atoms with E-state index in [0.717, 1.165) is 10.5 Å². The van der Waals surface area contributed by atoms with Crippen LogP contribution in [0.1, 0.15) is 25.8 Å². The fraction of sp³-hybridized carbons (Fsp3) is 0.444. The summed E-state index contributed by atoms with van der Waals surface area (Å²) in [5.41, 5.74) is 0.792. The predicted octanol–water partition coefficient (Wildman–Crippen LogP) is 2.72. The van der Waals surface area contributed by atoms with Crippen LogP contribution in [0.2, 0.25) is 0 Å². The van der Waals surface area contributed by atoms with E-state index in [-0.39, 0.29) is 6.54 Å². The van der Waals surface area contributed by atoms with Gasteiger partial charge in [-0.2, -0.15) is 0 Å². The number of hydrogen-bond acceptors (Lipinski definition) is 3. The Labute approximate surface area is 146 Å². The minimum atomic E-state index is -2.60. The summed E-state index contributed by atoms with van der Waals surface area (Å²) in [7, 11) is 1.56. The largest absolute Gasteiger partial charge is 0.497 e. The topological polar surface area (TPSA) is 58.6 Å². The van der Waals surface area contributed by atoms with Gasteiger partial charge < -0.3 is 15.0 Å². The van der Waals surface area contributed by atoms with E-state index in [0.29, 0.717) is 12.2 Å². The maximum absolute atomic E-state index is 12.6. The van der Waals surface area contributed by atoms with Gasteiger partial charge in [0.15, 0.2) is 0 Å². The lowest BCUT2D eigenvalue weighted by atomic mass is 10.2. The third-order valence-corrected chi connectivity index (χ3v) is 3.44. The molecule has 0 aliphatic carbocycles. The van der Waals surface area contributed by atoms with E-state index in [1.807, 2.05) is 0 Å². The van der Waals surface area contributed by atoms with Crippen molar-refractivity contribution >= 4 is 17.9 Å². The van der Waals surface area contributed by atoms with E-state index in [9.17, 15) is 18.4 Å². The minimum Gasteiger partial charge on any atom is -0.497 e. The lowest BCUT2D eigenvalue weighted by molar-refractivity contribution is -0.136. The molecule has 5 nitrogen and oxygen atoms in total. The second-order valence-electron chi connectivity index (χ2n) is 5.51. The zero-order chi connectivity index (χ0) is 18.8. The molecule has 1 aromatic carbocycles. The van der Waals surface area contributed by atoms with Crippen LogP contribution >= 0.6 is 0 Å². The number of rotatable bonds is 9. The molecule has 0 bridgehead atoms. The van der Waals surface area contributed by atoms with Gasteiger partial charge in [-0.25, -0.2) is 8.78 Å². The van der Waals surface area contributed by atoms with Crippen molar-refractivity contribution in [3.63, 3.8) is 0 Å². The molecule has 0 spiro atoms. The lowest BCUT2D eigenvalue weighted by Gasteiger charge is -2.25. The Morgan fingerprint density at radius 3 is 2.44 bits per heavy atom. The molecule has 2 amide bonds. The van der Waals surface area contributed by atoms with Gasteiger partial charge in [0.25, 0.3) is 6.43 Å². The molecule has 0 saturated heterocycles. The normalized spacial score (nSPS) is 12.2. The number of methoxy groups -OCH3 is 1. The van der Waals surface area contributed by atoms with E-state index >= 15 is 0 Å². The molecule has 7 heteroatoms. The maximum atomic E-state index is 12.6. The molecule has 0 aliphatic heterocycles. The summed E-state index contributed by atoms with van der Waals surface area (Å²) in [5, 5.41) is 2.50. The predicted molar refractivity (Wildman–Crippen MR) is 92.5 cm³/mol. The van der Waals surface area contributed by atoms with E-state index in [2.05, 4.69) is 5.32 Å². The smallest absolute Gasteiger partial charge is 0.255 e. The van der Waals surface area contributed by atoms with Gasteiger partial charge in [-0.05, 0) is 37.1 Å². The second-order valence-corrected chi connectivity index (χ2v) is 5.51. The molecular weight excluding hydrogens is 330 g/mol. The first-order chi connectivity index (χ1) is 11.9. The first-order valence-electron chi connectivity index (χ1n) is 8.07. The fourth-order valence-corrected chi connectivity index (χ4v) is 2.21. The highest BCUT2D eigenvalue weighted by Crippen LogP contribution is 2.12. The number of benzene rings is 1. The Balaban J connectivity index is 2.61. The monoisotopic (exact) mass is 354 g/mol. The Morgan fingerprint density at radius 1 is 1.28 bits per heavy atom. The zero-order valence-electron chi connectivity index (χ0n) is 14.7. The first kappa shape index (κ1) is 20.6. The Kier molecular flexibility index (Phi) is 8.60. The third-order valence-electron chi connectivity index (χ3n) is 3.44. The molecule has 1 unspecified atom stereocenters. The van der Waals surface area contributed by atoms with Gasteiger partial charge >= 0.3 is 0 Å². The number of nitrogens with zero attached hydrogens (tertiary/aromatic N) is 1. The van der Waals surface area contributed by atoms with Gasteiger partial charge in [0, 0.05) is 12.6 Å². The lowest BCUT2D eigenvalue weighted by Crippen LogP contribution is -2.48. The maximum Gasteiger partial charge on any atom is 0.255 e. The molecule has 0 aliphatic rings. The zero-order valence-corrected chi connectivity index (χ0v) is 14.7. The van der Waals surface area contributed by atoms with Crippen LogP contribution in [0, 0.1) is 0 Å². The summed E-state index contributed by atoms with van der Waals surface area (Å²) in [4.78, 5) is 25.2. The quantitative estimate of drug-likeness (QED) is 0.694. The summed E-state index contributed by atoms with van der Waals surface area (Å²) in [6, 6.07) is 6.21. The van der Waals surface area contributed by atoms with Crippen molar-refractivity contribution in [2.45, 2.75) is 32.7 Å². The first-order valence-corrected chi connectivity index (χ1v) is 8.07. The van der Waals surface area contributed by atoms with E-state index in [1.165, 1.54) is 13.0 Å². The number of alkyl halides is 2. The number of nitrogens with one attached hydrogen (secondary N) is 1. The van der Waals surface area contributed by atoms with Gasteiger partial charge in [-0.3, -0.25) is 9.59 Å². The van der Waals surface area contributed by atoms with E-state index in [1.54, 1.807) is 44.4 Å². The molecule has 0 aromatic heterocycles. The molecule has 138 valence electrons. The number of halogens is 2. The highest BCUT2D eigenvalue weighted by atomic mass is 19.3. The molecule has 1 atom stereocenters. The van der Waals surface area contributed by atoms with Crippen LogP contribution in [-0.2, 0) is 9.59 Å². The molecule has 0 fully saturated rings. The SMILES string of the molecule is CCCN(CC(F)F)C(=O)C(C)NC(=O)/C=C/c1ccc(OC)cc1. The van der Waals surface area contributed by atoms with Gasteiger partial charge in [0.05, 0.1) is 13.7 Å². The van der Waals surface area contributed by atoms with E-state index in [4.69, 9.17) is 4.74 Å². The van der Waals surface area contributed by atoms with Gasteiger partial charge in [0.2, 0.25) is 11.8 Å². The number of hydrogen-bond donors (Lipinski definition) is 1. The van der Waals surface area contributed by atoms with Crippen LogP contribution < -0.4 is 10.1 Å². The Hall–Kier alpha value is -2.44. The molecule has 1 aromatic rings. The molecular formula is C18H24F2N2O3.